The number of rotatable bonds is 10. The first kappa shape index (κ1) is 18.4. The van der Waals surface area contributed by atoms with Gasteiger partial charge in [0.1, 0.15) is 0 Å². The molecule has 0 spiro atoms. The van der Waals surface area contributed by atoms with E-state index in [1.165, 1.54) is 0 Å². The average molecular weight is 273 g/mol. The molecule has 5 heteroatoms. The third kappa shape index (κ3) is 6.89. The molecule has 0 aromatic rings. The van der Waals surface area contributed by atoms with E-state index < -0.39 is 0 Å². The van der Waals surface area contributed by atoms with Gasteiger partial charge >= 0.3 is 0 Å². The standard InChI is InChI=1S/C14H31N3O2/c1-6-16(7-2)8-9-17(10-11-19-5)14(18)12(3)13(4)15/h12-13H,6-11,15H2,1-5H3. The van der Waals surface area contributed by atoms with Crippen molar-refractivity contribution < 1.29 is 9.53 Å². The molecule has 0 saturated carbocycles. The minimum absolute atomic E-state index is 0.119. The van der Waals surface area contributed by atoms with Gasteiger partial charge in [0.25, 0.3) is 0 Å². The van der Waals surface area contributed by atoms with Gasteiger partial charge in [0, 0.05) is 32.8 Å². The summed E-state index contributed by atoms with van der Waals surface area (Å²) in [5, 5.41) is 0. The van der Waals surface area contributed by atoms with Crippen LogP contribution in [-0.4, -0.2) is 68.2 Å². The molecule has 2 atom stereocenters. The van der Waals surface area contributed by atoms with E-state index in [1.54, 1.807) is 7.11 Å². The molecule has 0 heterocycles. The highest BCUT2D eigenvalue weighted by atomic mass is 16.5. The molecule has 2 unspecified atom stereocenters. The van der Waals surface area contributed by atoms with Crippen molar-refractivity contribution in [1.82, 2.24) is 9.80 Å². The van der Waals surface area contributed by atoms with Gasteiger partial charge < -0.3 is 20.3 Å². The fraction of sp³-hybridized carbons (Fsp3) is 0.929. The Morgan fingerprint density at radius 1 is 1.16 bits per heavy atom. The highest BCUT2D eigenvalue weighted by molar-refractivity contribution is 5.79. The van der Waals surface area contributed by atoms with Crippen LogP contribution in [0.25, 0.3) is 0 Å². The Bertz CT molecular complexity index is 243. The quantitative estimate of drug-likeness (QED) is 0.639. The van der Waals surface area contributed by atoms with Crippen molar-refractivity contribution in [3.8, 4) is 0 Å². The summed E-state index contributed by atoms with van der Waals surface area (Å²) < 4.78 is 5.08. The number of hydrogen-bond donors (Lipinski definition) is 1. The van der Waals surface area contributed by atoms with E-state index in [1.807, 2.05) is 18.7 Å². The maximum atomic E-state index is 12.4. The van der Waals surface area contributed by atoms with Crippen LogP contribution in [0, 0.1) is 5.92 Å². The smallest absolute Gasteiger partial charge is 0.227 e. The van der Waals surface area contributed by atoms with Crippen LogP contribution in [0.2, 0.25) is 0 Å². The molecule has 0 bridgehead atoms. The highest BCUT2D eigenvalue weighted by Crippen LogP contribution is 2.06. The van der Waals surface area contributed by atoms with Crippen LogP contribution in [0.5, 0.6) is 0 Å². The third-order valence-corrected chi connectivity index (χ3v) is 3.64. The topological polar surface area (TPSA) is 58.8 Å². The Hall–Kier alpha value is -0.650. The molecular formula is C14H31N3O2. The molecule has 5 nitrogen and oxygen atoms in total. The predicted octanol–water partition coefficient (Wildman–Crippen LogP) is 0.787. The van der Waals surface area contributed by atoms with E-state index in [0.717, 1.165) is 26.2 Å². The van der Waals surface area contributed by atoms with Crippen LogP contribution in [0.1, 0.15) is 27.7 Å². The van der Waals surface area contributed by atoms with Crippen molar-refractivity contribution in [2.24, 2.45) is 11.7 Å². The van der Waals surface area contributed by atoms with Crippen molar-refractivity contribution in [2.75, 3.05) is 46.4 Å². The van der Waals surface area contributed by atoms with Crippen LogP contribution in [0.15, 0.2) is 0 Å². The Balaban J connectivity index is 4.48. The van der Waals surface area contributed by atoms with E-state index in [4.69, 9.17) is 10.5 Å². The molecule has 0 aliphatic rings. The van der Waals surface area contributed by atoms with Crippen molar-refractivity contribution in [2.45, 2.75) is 33.7 Å². The largest absolute Gasteiger partial charge is 0.383 e. The lowest BCUT2D eigenvalue weighted by Gasteiger charge is -2.29. The van der Waals surface area contributed by atoms with Crippen molar-refractivity contribution in [3.63, 3.8) is 0 Å². The monoisotopic (exact) mass is 273 g/mol. The molecule has 19 heavy (non-hydrogen) atoms. The first-order chi connectivity index (χ1) is 8.97. The summed E-state index contributed by atoms with van der Waals surface area (Å²) in [7, 11) is 1.65. The summed E-state index contributed by atoms with van der Waals surface area (Å²) in [4.78, 5) is 16.5. The van der Waals surface area contributed by atoms with Gasteiger partial charge in [-0.25, -0.2) is 0 Å². The third-order valence-electron chi connectivity index (χ3n) is 3.64. The Labute approximate surface area is 118 Å². The number of nitrogens with zero attached hydrogens (tertiary/aromatic N) is 2. The van der Waals surface area contributed by atoms with Crippen molar-refractivity contribution in [3.05, 3.63) is 0 Å². The first-order valence-electron chi connectivity index (χ1n) is 7.23. The van der Waals surface area contributed by atoms with E-state index in [-0.39, 0.29) is 17.9 Å². The van der Waals surface area contributed by atoms with Crippen molar-refractivity contribution >= 4 is 5.91 Å². The molecule has 0 aliphatic carbocycles. The second-order valence-corrected chi connectivity index (χ2v) is 4.99. The Morgan fingerprint density at radius 2 is 1.74 bits per heavy atom. The zero-order valence-corrected chi connectivity index (χ0v) is 13.2. The molecule has 2 N–H and O–H groups in total. The Morgan fingerprint density at radius 3 is 2.16 bits per heavy atom. The zero-order chi connectivity index (χ0) is 14.8. The molecule has 114 valence electrons. The summed E-state index contributed by atoms with van der Waals surface area (Å²) >= 11 is 0. The molecule has 0 aliphatic heterocycles. The van der Waals surface area contributed by atoms with Crippen LogP contribution >= 0.6 is 0 Å². The minimum atomic E-state index is -0.145. The number of ether oxygens (including phenoxy) is 1. The maximum absolute atomic E-state index is 12.4. The number of likely N-dealkylation sites (N-methyl/N-ethyl adjacent to an activating group) is 1. The SMILES string of the molecule is CCN(CC)CCN(CCOC)C(=O)C(C)C(C)N. The van der Waals surface area contributed by atoms with Gasteiger partial charge in [0.15, 0.2) is 0 Å². The van der Waals surface area contributed by atoms with Crippen LogP contribution in [-0.2, 0) is 9.53 Å². The number of carbonyl (C=O) groups is 1. The molecule has 0 radical (unpaired) electrons. The lowest BCUT2D eigenvalue weighted by Crippen LogP contribution is -2.46. The second-order valence-electron chi connectivity index (χ2n) is 4.99. The summed E-state index contributed by atoms with van der Waals surface area (Å²) in [5.74, 6) is -0.0206. The fourth-order valence-electron chi connectivity index (χ4n) is 1.85. The summed E-state index contributed by atoms with van der Waals surface area (Å²) in [5.41, 5.74) is 5.82. The van der Waals surface area contributed by atoms with E-state index >= 15 is 0 Å². The van der Waals surface area contributed by atoms with Gasteiger partial charge in [-0.15, -0.1) is 0 Å². The van der Waals surface area contributed by atoms with Crippen LogP contribution < -0.4 is 5.73 Å². The number of hydrogen-bond acceptors (Lipinski definition) is 4. The van der Waals surface area contributed by atoms with Gasteiger partial charge in [-0.2, -0.15) is 0 Å². The molecule has 1 amide bonds. The first-order valence-corrected chi connectivity index (χ1v) is 7.23. The highest BCUT2D eigenvalue weighted by Gasteiger charge is 2.23. The van der Waals surface area contributed by atoms with E-state index in [0.29, 0.717) is 13.2 Å². The summed E-state index contributed by atoms with van der Waals surface area (Å²) in [6.45, 7) is 12.9. The van der Waals surface area contributed by atoms with Gasteiger partial charge in [-0.3, -0.25) is 4.79 Å². The predicted molar refractivity (Wildman–Crippen MR) is 79.1 cm³/mol. The molecule has 0 saturated heterocycles. The summed E-state index contributed by atoms with van der Waals surface area (Å²) in [6.07, 6.45) is 0. The zero-order valence-electron chi connectivity index (χ0n) is 13.2. The number of methoxy groups -OCH3 is 1. The van der Waals surface area contributed by atoms with Gasteiger partial charge in [-0.1, -0.05) is 20.8 Å². The van der Waals surface area contributed by atoms with E-state index in [2.05, 4.69) is 18.7 Å². The molecule has 0 rings (SSSR count). The molecule has 0 fully saturated rings. The average Bonchev–Trinajstić information content (AvgIpc) is 2.41. The number of amides is 1. The molecular weight excluding hydrogens is 242 g/mol. The lowest BCUT2D eigenvalue weighted by molar-refractivity contribution is -0.136. The van der Waals surface area contributed by atoms with Gasteiger partial charge in [-0.05, 0) is 20.0 Å². The normalized spacial score (nSPS) is 14.5. The number of carbonyl (C=O) groups excluding carboxylic acids is 1. The maximum Gasteiger partial charge on any atom is 0.227 e. The Kier molecular flexibility index (Phi) is 9.83. The van der Waals surface area contributed by atoms with E-state index in [9.17, 15) is 4.79 Å². The lowest BCUT2D eigenvalue weighted by atomic mass is 10.0. The fourth-order valence-corrected chi connectivity index (χ4v) is 1.85. The minimum Gasteiger partial charge on any atom is -0.383 e. The van der Waals surface area contributed by atoms with Gasteiger partial charge in [0.2, 0.25) is 5.91 Å². The number of nitrogens with two attached hydrogens (primary N) is 1. The van der Waals surface area contributed by atoms with Crippen molar-refractivity contribution in [1.29, 1.82) is 0 Å². The van der Waals surface area contributed by atoms with Crippen LogP contribution in [0.4, 0.5) is 0 Å². The van der Waals surface area contributed by atoms with Gasteiger partial charge in [0.05, 0.1) is 12.5 Å². The summed E-state index contributed by atoms with van der Waals surface area (Å²) in [6, 6.07) is -0.119. The molecule has 0 aromatic heterocycles. The van der Waals surface area contributed by atoms with Crippen LogP contribution in [0.3, 0.4) is 0 Å². The molecule has 0 aromatic carbocycles. The second kappa shape index (κ2) is 10.2.